The van der Waals surface area contributed by atoms with E-state index in [-0.39, 0.29) is 10.5 Å². The molecule has 72 valence electrons. The Kier molecular flexibility index (Phi) is 1.90. The van der Waals surface area contributed by atoms with Crippen molar-refractivity contribution in [2.75, 3.05) is 0 Å². The quantitative estimate of drug-likeness (QED) is 0.694. The van der Waals surface area contributed by atoms with Gasteiger partial charge in [-0.1, -0.05) is 0 Å². The maximum atomic E-state index is 11.1. The van der Waals surface area contributed by atoms with Crippen molar-refractivity contribution in [2.45, 2.75) is 5.03 Å². The summed E-state index contributed by atoms with van der Waals surface area (Å²) in [6.45, 7) is 0. The number of primary sulfonamides is 1. The first-order valence-corrected chi connectivity index (χ1v) is 5.22. The van der Waals surface area contributed by atoms with Crippen molar-refractivity contribution in [3.05, 3.63) is 24.7 Å². The summed E-state index contributed by atoms with van der Waals surface area (Å²) in [6, 6.07) is 1.57. The van der Waals surface area contributed by atoms with Crippen molar-refractivity contribution in [3.63, 3.8) is 0 Å². The van der Waals surface area contributed by atoms with E-state index in [1.54, 1.807) is 6.07 Å². The fourth-order valence-electron chi connectivity index (χ4n) is 1.08. The summed E-state index contributed by atoms with van der Waals surface area (Å²) in [7, 11) is -3.84. The molecule has 7 heteroatoms. The van der Waals surface area contributed by atoms with Gasteiger partial charge in [-0.05, 0) is 6.07 Å². The van der Waals surface area contributed by atoms with Gasteiger partial charge in [0.25, 0.3) is 10.0 Å². The molecule has 2 aromatic rings. The summed E-state index contributed by atoms with van der Waals surface area (Å²) < 4.78 is 22.2. The Hall–Kier alpha value is -1.60. The van der Waals surface area contributed by atoms with Gasteiger partial charge in [-0.3, -0.25) is 4.98 Å². The van der Waals surface area contributed by atoms with Gasteiger partial charge in [0.2, 0.25) is 0 Å². The molecule has 0 aliphatic rings. The van der Waals surface area contributed by atoms with Gasteiger partial charge in [0, 0.05) is 18.6 Å². The number of aromatic nitrogens is 3. The second-order valence-electron chi connectivity index (χ2n) is 2.59. The highest BCUT2D eigenvalue weighted by Gasteiger charge is 2.14. The maximum Gasteiger partial charge on any atom is 0.257 e. The zero-order chi connectivity index (χ0) is 10.2. The van der Waals surface area contributed by atoms with Gasteiger partial charge in [-0.15, -0.1) is 0 Å². The molecular weight excluding hydrogens is 204 g/mol. The Labute approximate surface area is 79.9 Å². The number of pyridine rings is 1. The minimum Gasteiger partial charge on any atom is -0.253 e. The monoisotopic (exact) mass is 210 g/mol. The van der Waals surface area contributed by atoms with Crippen molar-refractivity contribution < 1.29 is 8.42 Å². The first-order valence-electron chi connectivity index (χ1n) is 3.67. The van der Waals surface area contributed by atoms with Crippen LogP contribution < -0.4 is 5.14 Å². The van der Waals surface area contributed by atoms with Crippen molar-refractivity contribution in [3.8, 4) is 0 Å². The largest absolute Gasteiger partial charge is 0.257 e. The lowest BCUT2D eigenvalue weighted by Gasteiger charge is -2.00. The number of rotatable bonds is 1. The van der Waals surface area contributed by atoms with Crippen LogP contribution in [0.3, 0.4) is 0 Å². The van der Waals surface area contributed by atoms with Crippen LogP contribution in [0, 0.1) is 0 Å². The van der Waals surface area contributed by atoms with E-state index in [2.05, 4.69) is 15.0 Å². The SMILES string of the molecule is NS(=O)(=O)c1nccc2nccnc12. The van der Waals surface area contributed by atoms with Crippen molar-refractivity contribution in [2.24, 2.45) is 5.14 Å². The van der Waals surface area contributed by atoms with E-state index in [1.807, 2.05) is 0 Å². The van der Waals surface area contributed by atoms with Crippen LogP contribution >= 0.6 is 0 Å². The number of fused-ring (bicyclic) bond motifs is 1. The van der Waals surface area contributed by atoms with Crippen LogP contribution in [0.4, 0.5) is 0 Å². The molecule has 0 aromatic carbocycles. The fraction of sp³-hybridized carbons (Fsp3) is 0. The predicted octanol–water partition coefficient (Wildman–Crippen LogP) is -0.328. The van der Waals surface area contributed by atoms with E-state index in [4.69, 9.17) is 5.14 Å². The number of hydrogen-bond donors (Lipinski definition) is 1. The summed E-state index contributed by atoms with van der Waals surface area (Å²) in [6.07, 6.45) is 4.19. The molecule has 0 fully saturated rings. The summed E-state index contributed by atoms with van der Waals surface area (Å²) in [4.78, 5) is 11.5. The van der Waals surface area contributed by atoms with Gasteiger partial charge in [-0.2, -0.15) is 0 Å². The lowest BCUT2D eigenvalue weighted by atomic mass is 10.4. The van der Waals surface area contributed by atoms with E-state index >= 15 is 0 Å². The minimum atomic E-state index is -3.84. The van der Waals surface area contributed by atoms with Crippen molar-refractivity contribution >= 4 is 21.1 Å². The molecule has 0 spiro atoms. The molecule has 0 atom stereocenters. The normalized spacial score (nSPS) is 11.8. The average molecular weight is 210 g/mol. The van der Waals surface area contributed by atoms with E-state index in [9.17, 15) is 8.42 Å². The van der Waals surface area contributed by atoms with E-state index in [0.29, 0.717) is 5.52 Å². The van der Waals surface area contributed by atoms with Crippen LogP contribution in [0.1, 0.15) is 0 Å². The van der Waals surface area contributed by atoms with Gasteiger partial charge in [0.15, 0.2) is 5.03 Å². The summed E-state index contributed by atoms with van der Waals surface area (Å²) >= 11 is 0. The Balaban J connectivity index is 2.92. The minimum absolute atomic E-state index is 0.192. The van der Waals surface area contributed by atoms with Crippen molar-refractivity contribution in [1.82, 2.24) is 15.0 Å². The van der Waals surface area contributed by atoms with Crippen LogP contribution in [0.2, 0.25) is 0 Å². The zero-order valence-corrected chi connectivity index (χ0v) is 7.77. The molecule has 2 rings (SSSR count). The fourth-order valence-corrected chi connectivity index (χ4v) is 1.72. The van der Waals surface area contributed by atoms with Gasteiger partial charge < -0.3 is 0 Å². The predicted molar refractivity (Wildman–Crippen MR) is 48.7 cm³/mol. The standard InChI is InChI=1S/C7H6N4O2S/c8-14(12,13)7-6-5(1-2-11-7)9-3-4-10-6/h1-4H,(H2,8,12,13). The summed E-state index contributed by atoms with van der Waals surface area (Å²) in [5.74, 6) is 0. The van der Waals surface area contributed by atoms with Gasteiger partial charge in [0.05, 0.1) is 5.52 Å². The Morgan fingerprint density at radius 2 is 1.79 bits per heavy atom. The first-order chi connectivity index (χ1) is 6.59. The molecule has 0 amide bonds. The number of nitrogens with two attached hydrogens (primary N) is 1. The Bertz CT molecular complexity index is 576. The molecule has 0 unspecified atom stereocenters. The summed E-state index contributed by atoms with van der Waals surface area (Å²) in [5, 5.41) is 4.72. The van der Waals surface area contributed by atoms with Gasteiger partial charge >= 0.3 is 0 Å². The summed E-state index contributed by atoms with van der Waals surface area (Å²) in [5.41, 5.74) is 0.643. The Morgan fingerprint density at radius 1 is 1.07 bits per heavy atom. The molecule has 2 N–H and O–H groups in total. The third-order valence-electron chi connectivity index (χ3n) is 1.62. The molecule has 2 aromatic heterocycles. The molecule has 14 heavy (non-hydrogen) atoms. The molecule has 0 bridgehead atoms. The molecule has 0 saturated heterocycles. The van der Waals surface area contributed by atoms with Crippen LogP contribution in [0.25, 0.3) is 11.0 Å². The number of nitrogens with zero attached hydrogens (tertiary/aromatic N) is 3. The Morgan fingerprint density at radius 3 is 2.50 bits per heavy atom. The van der Waals surface area contributed by atoms with Gasteiger partial charge in [-0.25, -0.2) is 23.5 Å². The smallest absolute Gasteiger partial charge is 0.253 e. The highest BCUT2D eigenvalue weighted by molar-refractivity contribution is 7.89. The molecule has 0 aliphatic heterocycles. The van der Waals surface area contributed by atoms with Gasteiger partial charge in [0.1, 0.15) is 5.52 Å². The second-order valence-corrected chi connectivity index (χ2v) is 4.06. The van der Waals surface area contributed by atoms with Crippen LogP contribution in [0.5, 0.6) is 0 Å². The lowest BCUT2D eigenvalue weighted by molar-refractivity contribution is 0.595. The number of sulfonamides is 1. The first kappa shape index (κ1) is 8.97. The van der Waals surface area contributed by atoms with Crippen LogP contribution in [-0.4, -0.2) is 23.4 Å². The maximum absolute atomic E-state index is 11.1. The van der Waals surface area contributed by atoms with E-state index in [1.165, 1.54) is 18.6 Å². The van der Waals surface area contributed by atoms with E-state index in [0.717, 1.165) is 0 Å². The van der Waals surface area contributed by atoms with Crippen LogP contribution in [-0.2, 0) is 10.0 Å². The third-order valence-corrected chi connectivity index (χ3v) is 2.46. The van der Waals surface area contributed by atoms with Crippen LogP contribution in [0.15, 0.2) is 29.7 Å². The topological polar surface area (TPSA) is 98.8 Å². The molecule has 0 radical (unpaired) electrons. The molecule has 0 saturated carbocycles. The molecule has 0 aliphatic carbocycles. The highest BCUT2D eigenvalue weighted by Crippen LogP contribution is 2.13. The molecule has 2 heterocycles. The number of hydrogen-bond acceptors (Lipinski definition) is 5. The molecular formula is C7H6N4O2S. The van der Waals surface area contributed by atoms with E-state index < -0.39 is 10.0 Å². The highest BCUT2D eigenvalue weighted by atomic mass is 32.2. The third kappa shape index (κ3) is 1.42. The second kappa shape index (κ2) is 2.96. The lowest BCUT2D eigenvalue weighted by Crippen LogP contribution is -2.14. The molecule has 6 nitrogen and oxygen atoms in total. The average Bonchev–Trinajstić information content (AvgIpc) is 2.15. The zero-order valence-electron chi connectivity index (χ0n) is 6.95. The van der Waals surface area contributed by atoms with Crippen molar-refractivity contribution in [1.29, 1.82) is 0 Å².